The van der Waals surface area contributed by atoms with Gasteiger partial charge in [-0.1, -0.05) is 20.8 Å². The highest BCUT2D eigenvalue weighted by Gasteiger charge is 2.59. The molecule has 2 aliphatic rings. The molecule has 3 unspecified atom stereocenters. The Hall–Kier alpha value is -1.58. The van der Waals surface area contributed by atoms with Crippen LogP contribution in [0.4, 0.5) is 11.4 Å². The van der Waals surface area contributed by atoms with Gasteiger partial charge in [-0.3, -0.25) is 10.1 Å². The van der Waals surface area contributed by atoms with E-state index < -0.39 is 0 Å². The fraction of sp³-hybridized carbons (Fsp3) is 0.647. The molecule has 3 atom stereocenters. The molecule has 3 rings (SSSR count). The predicted octanol–water partition coefficient (Wildman–Crippen LogP) is 4.53. The lowest BCUT2D eigenvalue weighted by Crippen LogP contribution is -2.45. The SMILES string of the molecule is Cc1cc(NC2C3(C)CCC(C3)C2(C)C)ccc1[N+](=O)[O-]. The van der Waals surface area contributed by atoms with Crippen molar-refractivity contribution in [3.8, 4) is 0 Å². The van der Waals surface area contributed by atoms with Crippen molar-refractivity contribution in [3.63, 3.8) is 0 Å². The Morgan fingerprint density at radius 3 is 2.57 bits per heavy atom. The van der Waals surface area contributed by atoms with Gasteiger partial charge in [0.05, 0.1) is 4.92 Å². The maximum absolute atomic E-state index is 10.9. The fourth-order valence-electron chi connectivity index (χ4n) is 4.78. The molecule has 1 aromatic rings. The zero-order valence-electron chi connectivity index (χ0n) is 13.3. The predicted molar refractivity (Wildman–Crippen MR) is 84.5 cm³/mol. The highest BCUT2D eigenvalue weighted by Crippen LogP contribution is 2.63. The number of benzene rings is 1. The van der Waals surface area contributed by atoms with Crippen LogP contribution < -0.4 is 5.32 Å². The minimum absolute atomic E-state index is 0.193. The molecule has 2 aliphatic carbocycles. The van der Waals surface area contributed by atoms with Gasteiger partial charge in [0.15, 0.2) is 0 Å². The number of nitrogens with one attached hydrogen (secondary N) is 1. The van der Waals surface area contributed by atoms with E-state index in [1.807, 2.05) is 12.1 Å². The van der Waals surface area contributed by atoms with Gasteiger partial charge >= 0.3 is 0 Å². The molecule has 1 aromatic carbocycles. The minimum Gasteiger partial charge on any atom is -0.381 e. The number of nitrogens with zero attached hydrogens (tertiary/aromatic N) is 1. The summed E-state index contributed by atoms with van der Waals surface area (Å²) in [5, 5.41) is 14.6. The van der Waals surface area contributed by atoms with Gasteiger partial charge in [0.2, 0.25) is 0 Å². The molecule has 0 amide bonds. The third-order valence-electron chi connectivity index (χ3n) is 5.97. The second-order valence-corrected chi connectivity index (χ2v) is 7.75. The van der Waals surface area contributed by atoms with Gasteiger partial charge in [0, 0.05) is 23.4 Å². The first kappa shape index (κ1) is 14.4. The van der Waals surface area contributed by atoms with Gasteiger partial charge in [-0.2, -0.15) is 0 Å². The monoisotopic (exact) mass is 288 g/mol. The molecule has 4 nitrogen and oxygen atoms in total. The van der Waals surface area contributed by atoms with E-state index in [0.29, 0.717) is 11.5 Å². The molecule has 0 saturated heterocycles. The Morgan fingerprint density at radius 2 is 2.05 bits per heavy atom. The van der Waals surface area contributed by atoms with Crippen molar-refractivity contribution in [1.82, 2.24) is 0 Å². The molecule has 21 heavy (non-hydrogen) atoms. The molecular weight excluding hydrogens is 264 g/mol. The van der Waals surface area contributed by atoms with Gasteiger partial charge in [0.25, 0.3) is 5.69 Å². The van der Waals surface area contributed by atoms with Crippen LogP contribution in [0, 0.1) is 33.8 Å². The molecule has 2 bridgehead atoms. The van der Waals surface area contributed by atoms with Crippen molar-refractivity contribution in [3.05, 3.63) is 33.9 Å². The van der Waals surface area contributed by atoms with Crippen LogP contribution in [0.15, 0.2) is 18.2 Å². The van der Waals surface area contributed by atoms with Crippen LogP contribution in [0.5, 0.6) is 0 Å². The Morgan fingerprint density at radius 1 is 1.33 bits per heavy atom. The maximum atomic E-state index is 10.9. The molecule has 0 radical (unpaired) electrons. The zero-order chi connectivity index (χ0) is 15.4. The lowest BCUT2D eigenvalue weighted by molar-refractivity contribution is -0.385. The van der Waals surface area contributed by atoms with E-state index in [-0.39, 0.29) is 16.0 Å². The lowest BCUT2D eigenvalue weighted by Gasteiger charge is -2.43. The number of fused-ring (bicyclic) bond motifs is 2. The number of hydrogen-bond acceptors (Lipinski definition) is 3. The van der Waals surface area contributed by atoms with E-state index in [4.69, 9.17) is 0 Å². The highest BCUT2D eigenvalue weighted by molar-refractivity contribution is 5.54. The molecule has 2 fully saturated rings. The average Bonchev–Trinajstić information content (AvgIpc) is 2.85. The molecular formula is C17H24N2O2. The standard InChI is InChI=1S/C17H24N2O2/c1-11-9-13(5-6-14(11)19(20)21)18-15-16(2,3)12-7-8-17(15,4)10-12/h5-6,9,12,15,18H,7-8,10H2,1-4H3. The summed E-state index contributed by atoms with van der Waals surface area (Å²) in [6.07, 6.45) is 3.91. The third kappa shape index (κ3) is 2.12. The topological polar surface area (TPSA) is 55.2 Å². The Balaban J connectivity index is 1.87. The smallest absolute Gasteiger partial charge is 0.272 e. The van der Waals surface area contributed by atoms with Crippen LogP contribution in [0.25, 0.3) is 0 Å². The van der Waals surface area contributed by atoms with Crippen LogP contribution in [0.1, 0.15) is 45.6 Å². The van der Waals surface area contributed by atoms with Crippen molar-refractivity contribution in [1.29, 1.82) is 0 Å². The van der Waals surface area contributed by atoms with Crippen LogP contribution >= 0.6 is 0 Å². The van der Waals surface area contributed by atoms with Gasteiger partial charge in [-0.15, -0.1) is 0 Å². The Labute approximate surface area is 126 Å². The van der Waals surface area contributed by atoms with E-state index in [9.17, 15) is 10.1 Å². The highest BCUT2D eigenvalue weighted by atomic mass is 16.6. The largest absolute Gasteiger partial charge is 0.381 e. The van der Waals surface area contributed by atoms with Crippen molar-refractivity contribution in [2.24, 2.45) is 16.7 Å². The van der Waals surface area contributed by atoms with Crippen molar-refractivity contribution < 1.29 is 4.92 Å². The van der Waals surface area contributed by atoms with E-state index in [1.54, 1.807) is 13.0 Å². The molecule has 0 heterocycles. The summed E-state index contributed by atoms with van der Waals surface area (Å²) < 4.78 is 0. The molecule has 114 valence electrons. The normalized spacial score (nSPS) is 33.1. The minimum atomic E-state index is -0.318. The van der Waals surface area contributed by atoms with Gasteiger partial charge in [-0.25, -0.2) is 0 Å². The number of rotatable bonds is 3. The quantitative estimate of drug-likeness (QED) is 0.656. The van der Waals surface area contributed by atoms with E-state index in [2.05, 4.69) is 26.1 Å². The number of hydrogen-bond donors (Lipinski definition) is 1. The number of nitro groups is 1. The number of aryl methyl sites for hydroxylation is 1. The second kappa shape index (κ2) is 4.46. The van der Waals surface area contributed by atoms with Crippen LogP contribution in [-0.4, -0.2) is 11.0 Å². The average molecular weight is 288 g/mol. The van der Waals surface area contributed by atoms with Crippen LogP contribution in [-0.2, 0) is 0 Å². The molecule has 1 N–H and O–H groups in total. The van der Waals surface area contributed by atoms with E-state index >= 15 is 0 Å². The van der Waals surface area contributed by atoms with Gasteiger partial charge < -0.3 is 5.32 Å². The lowest BCUT2D eigenvalue weighted by atomic mass is 9.68. The first-order valence-electron chi connectivity index (χ1n) is 7.76. The van der Waals surface area contributed by atoms with Gasteiger partial charge in [-0.05, 0) is 55.1 Å². The van der Waals surface area contributed by atoms with Crippen molar-refractivity contribution in [2.45, 2.75) is 53.0 Å². The first-order chi connectivity index (χ1) is 9.74. The summed E-state index contributed by atoms with van der Waals surface area (Å²) in [5.74, 6) is 0.791. The Kier molecular flexibility index (Phi) is 3.05. The summed E-state index contributed by atoms with van der Waals surface area (Å²) in [5.41, 5.74) is 2.55. The number of anilines is 1. The Bertz CT molecular complexity index is 592. The van der Waals surface area contributed by atoms with Crippen molar-refractivity contribution in [2.75, 3.05) is 5.32 Å². The van der Waals surface area contributed by atoms with Crippen LogP contribution in [0.2, 0.25) is 0 Å². The fourth-order valence-corrected chi connectivity index (χ4v) is 4.78. The summed E-state index contributed by atoms with van der Waals surface area (Å²) >= 11 is 0. The van der Waals surface area contributed by atoms with Gasteiger partial charge in [0.1, 0.15) is 0 Å². The molecule has 4 heteroatoms. The summed E-state index contributed by atoms with van der Waals surface area (Å²) in [6.45, 7) is 8.91. The van der Waals surface area contributed by atoms with Crippen LogP contribution in [0.3, 0.4) is 0 Å². The van der Waals surface area contributed by atoms with E-state index in [0.717, 1.165) is 17.2 Å². The summed E-state index contributed by atoms with van der Waals surface area (Å²) in [7, 11) is 0. The molecule has 0 aliphatic heterocycles. The van der Waals surface area contributed by atoms with E-state index in [1.165, 1.54) is 19.3 Å². The molecule has 0 aromatic heterocycles. The third-order valence-corrected chi connectivity index (χ3v) is 5.97. The maximum Gasteiger partial charge on any atom is 0.272 e. The molecule has 0 spiro atoms. The zero-order valence-corrected chi connectivity index (χ0v) is 13.3. The number of nitro benzene ring substituents is 1. The van der Waals surface area contributed by atoms with Crippen molar-refractivity contribution >= 4 is 11.4 Å². The first-order valence-corrected chi connectivity index (χ1v) is 7.76. The second-order valence-electron chi connectivity index (χ2n) is 7.75. The summed E-state index contributed by atoms with van der Waals surface area (Å²) in [6, 6.07) is 5.80. The summed E-state index contributed by atoms with van der Waals surface area (Å²) in [4.78, 5) is 10.6. The molecule has 2 saturated carbocycles.